The van der Waals surface area contributed by atoms with E-state index in [0.717, 1.165) is 5.56 Å². The van der Waals surface area contributed by atoms with Gasteiger partial charge in [-0.05, 0) is 65.4 Å². The highest BCUT2D eigenvalue weighted by Gasteiger charge is 2.46. The number of hydrogen-bond donors (Lipinski definition) is 1. The minimum Gasteiger partial charge on any atom is -0.493 e. The van der Waals surface area contributed by atoms with Crippen molar-refractivity contribution in [1.82, 2.24) is 10.2 Å². The molecule has 0 bridgehead atoms. The van der Waals surface area contributed by atoms with Gasteiger partial charge in [-0.3, -0.25) is 9.59 Å². The maximum atomic E-state index is 13.3. The number of likely N-dealkylation sites (tertiary alicyclic amines) is 1. The highest BCUT2D eigenvalue weighted by molar-refractivity contribution is 7.08. The molecule has 6 heteroatoms. The van der Waals surface area contributed by atoms with Gasteiger partial charge < -0.3 is 15.0 Å². The third-order valence-corrected chi connectivity index (χ3v) is 6.80. The van der Waals surface area contributed by atoms with Gasteiger partial charge in [0, 0.05) is 20.1 Å². The molecule has 166 valence electrons. The van der Waals surface area contributed by atoms with Gasteiger partial charge in [-0.25, -0.2) is 0 Å². The molecule has 1 fully saturated rings. The number of rotatable bonds is 7. The molecule has 2 heterocycles. The Labute approximate surface area is 193 Å². The fourth-order valence-corrected chi connectivity index (χ4v) is 5.12. The standard InChI is InChI=1S/C26H28N2O3S/c1-3-31-23-7-5-4-6-22(23)24(29)28-14-13-26(18-28,25(30)27-2)16-19-8-10-20(11-9-19)21-12-15-32-17-21/h4-12,15,17H,3,13-14,16,18H2,1-2H3,(H,27,30)/t26-/m1/s1. The van der Waals surface area contributed by atoms with Crippen molar-refractivity contribution >= 4 is 23.2 Å². The third-order valence-electron chi connectivity index (χ3n) is 6.12. The Kier molecular flexibility index (Phi) is 6.61. The number of nitrogens with one attached hydrogen (secondary N) is 1. The second kappa shape index (κ2) is 9.57. The Morgan fingerprint density at radius 1 is 1.09 bits per heavy atom. The molecule has 1 atom stereocenters. The van der Waals surface area contributed by atoms with E-state index in [1.807, 2.05) is 25.1 Å². The molecule has 1 N–H and O–H groups in total. The normalized spacial score (nSPS) is 17.9. The summed E-state index contributed by atoms with van der Waals surface area (Å²) in [5, 5.41) is 7.03. The Morgan fingerprint density at radius 2 is 1.88 bits per heavy atom. The maximum Gasteiger partial charge on any atom is 0.257 e. The summed E-state index contributed by atoms with van der Waals surface area (Å²) in [4.78, 5) is 28.1. The fraction of sp³-hybridized carbons (Fsp3) is 0.308. The van der Waals surface area contributed by atoms with E-state index in [0.29, 0.717) is 43.9 Å². The summed E-state index contributed by atoms with van der Waals surface area (Å²) < 4.78 is 5.65. The topological polar surface area (TPSA) is 58.6 Å². The lowest BCUT2D eigenvalue weighted by atomic mass is 9.79. The summed E-state index contributed by atoms with van der Waals surface area (Å²) in [6.07, 6.45) is 1.22. The van der Waals surface area contributed by atoms with E-state index in [1.165, 1.54) is 11.1 Å². The van der Waals surface area contributed by atoms with Crippen LogP contribution in [0.15, 0.2) is 65.4 Å². The van der Waals surface area contributed by atoms with E-state index in [9.17, 15) is 9.59 Å². The predicted molar refractivity (Wildman–Crippen MR) is 128 cm³/mol. The average Bonchev–Trinajstić information content (AvgIpc) is 3.51. The van der Waals surface area contributed by atoms with Crippen LogP contribution in [0.25, 0.3) is 11.1 Å². The van der Waals surface area contributed by atoms with Crippen molar-refractivity contribution in [3.05, 3.63) is 76.5 Å². The second-order valence-electron chi connectivity index (χ2n) is 8.15. The molecule has 1 aromatic heterocycles. The summed E-state index contributed by atoms with van der Waals surface area (Å²) >= 11 is 1.68. The fourth-order valence-electron chi connectivity index (χ4n) is 4.45. The monoisotopic (exact) mass is 448 g/mol. The molecule has 0 saturated carbocycles. The molecule has 4 rings (SSSR count). The van der Waals surface area contributed by atoms with Crippen molar-refractivity contribution in [3.8, 4) is 16.9 Å². The largest absolute Gasteiger partial charge is 0.493 e. The van der Waals surface area contributed by atoms with Gasteiger partial charge in [0.1, 0.15) is 5.75 Å². The van der Waals surface area contributed by atoms with Crippen LogP contribution >= 0.6 is 11.3 Å². The van der Waals surface area contributed by atoms with Gasteiger partial charge in [-0.2, -0.15) is 11.3 Å². The van der Waals surface area contributed by atoms with E-state index in [2.05, 4.69) is 46.4 Å². The first kappa shape index (κ1) is 22.1. The van der Waals surface area contributed by atoms with E-state index in [1.54, 1.807) is 29.4 Å². The van der Waals surface area contributed by atoms with Crippen molar-refractivity contribution in [1.29, 1.82) is 0 Å². The SMILES string of the molecule is CCOc1ccccc1C(=O)N1CC[C@](Cc2ccc(-c3ccsc3)cc2)(C(=O)NC)C1. The molecule has 1 aliphatic rings. The highest BCUT2D eigenvalue weighted by Crippen LogP contribution is 2.36. The predicted octanol–water partition coefficient (Wildman–Crippen LogP) is 4.63. The molecule has 0 aliphatic carbocycles. The number of amides is 2. The molecule has 1 saturated heterocycles. The average molecular weight is 449 g/mol. The van der Waals surface area contributed by atoms with E-state index < -0.39 is 5.41 Å². The van der Waals surface area contributed by atoms with E-state index in [-0.39, 0.29) is 11.8 Å². The molecule has 0 radical (unpaired) electrons. The number of carbonyl (C=O) groups excluding carboxylic acids is 2. The van der Waals surface area contributed by atoms with Gasteiger partial charge in [0.2, 0.25) is 5.91 Å². The first-order chi connectivity index (χ1) is 15.6. The number of nitrogens with zero attached hydrogens (tertiary/aromatic N) is 1. The van der Waals surface area contributed by atoms with Crippen LogP contribution in [0.3, 0.4) is 0 Å². The molecule has 3 aromatic rings. The minimum atomic E-state index is -0.644. The molecular weight excluding hydrogens is 420 g/mol. The van der Waals surface area contributed by atoms with Gasteiger partial charge in [-0.1, -0.05) is 36.4 Å². The van der Waals surface area contributed by atoms with Crippen LogP contribution in [0.5, 0.6) is 5.75 Å². The summed E-state index contributed by atoms with van der Waals surface area (Å²) in [6.45, 7) is 3.32. The Balaban J connectivity index is 1.54. The molecule has 0 spiro atoms. The van der Waals surface area contributed by atoms with Crippen molar-refractivity contribution in [2.45, 2.75) is 19.8 Å². The number of carbonyl (C=O) groups is 2. The first-order valence-electron chi connectivity index (χ1n) is 10.9. The molecule has 0 unspecified atom stereocenters. The zero-order valence-corrected chi connectivity index (χ0v) is 19.3. The molecule has 2 aromatic carbocycles. The van der Waals surface area contributed by atoms with Gasteiger partial charge in [0.05, 0.1) is 17.6 Å². The minimum absolute atomic E-state index is 0.0206. The maximum absolute atomic E-state index is 13.3. The Bertz CT molecular complexity index is 1080. The molecule has 32 heavy (non-hydrogen) atoms. The summed E-state index contributed by atoms with van der Waals surface area (Å²) in [7, 11) is 1.67. The van der Waals surface area contributed by atoms with Crippen LogP contribution in [0.2, 0.25) is 0 Å². The van der Waals surface area contributed by atoms with Crippen molar-refractivity contribution < 1.29 is 14.3 Å². The van der Waals surface area contributed by atoms with Gasteiger partial charge in [0.15, 0.2) is 0 Å². The molecular formula is C26H28N2O3S. The number of hydrogen-bond acceptors (Lipinski definition) is 4. The summed E-state index contributed by atoms with van der Waals surface area (Å²) in [5.41, 5.74) is 3.36. The quantitative estimate of drug-likeness (QED) is 0.573. The van der Waals surface area contributed by atoms with Gasteiger partial charge in [-0.15, -0.1) is 0 Å². The lowest BCUT2D eigenvalue weighted by molar-refractivity contribution is -0.129. The highest BCUT2D eigenvalue weighted by atomic mass is 32.1. The lowest BCUT2D eigenvalue weighted by Crippen LogP contribution is -2.44. The number of thiophene rings is 1. The second-order valence-corrected chi connectivity index (χ2v) is 8.93. The third kappa shape index (κ3) is 4.41. The molecule has 5 nitrogen and oxygen atoms in total. The Morgan fingerprint density at radius 3 is 2.56 bits per heavy atom. The van der Waals surface area contributed by atoms with Crippen LogP contribution in [-0.2, 0) is 11.2 Å². The Hall–Kier alpha value is -3.12. The van der Waals surface area contributed by atoms with Gasteiger partial charge >= 0.3 is 0 Å². The zero-order valence-electron chi connectivity index (χ0n) is 18.5. The van der Waals surface area contributed by atoms with Crippen molar-refractivity contribution in [2.75, 3.05) is 26.7 Å². The zero-order chi connectivity index (χ0) is 22.6. The van der Waals surface area contributed by atoms with Crippen molar-refractivity contribution in [2.24, 2.45) is 5.41 Å². The van der Waals surface area contributed by atoms with Crippen LogP contribution in [0, 0.1) is 5.41 Å². The summed E-state index contributed by atoms with van der Waals surface area (Å²) in [5.74, 6) is 0.474. The van der Waals surface area contributed by atoms with Crippen LogP contribution < -0.4 is 10.1 Å². The number of benzene rings is 2. The van der Waals surface area contributed by atoms with Crippen LogP contribution in [0.1, 0.15) is 29.3 Å². The number of para-hydroxylation sites is 1. The lowest BCUT2D eigenvalue weighted by Gasteiger charge is -2.28. The smallest absolute Gasteiger partial charge is 0.257 e. The van der Waals surface area contributed by atoms with Crippen molar-refractivity contribution in [3.63, 3.8) is 0 Å². The summed E-state index contributed by atoms with van der Waals surface area (Å²) in [6, 6.07) is 17.8. The molecule has 2 amide bonds. The van der Waals surface area contributed by atoms with Gasteiger partial charge in [0.25, 0.3) is 5.91 Å². The first-order valence-corrected chi connectivity index (χ1v) is 11.9. The number of ether oxygens (including phenoxy) is 1. The van der Waals surface area contributed by atoms with E-state index >= 15 is 0 Å². The van der Waals surface area contributed by atoms with Crippen LogP contribution in [0.4, 0.5) is 0 Å². The molecule has 1 aliphatic heterocycles. The van der Waals surface area contributed by atoms with Crippen LogP contribution in [-0.4, -0.2) is 43.5 Å². The van der Waals surface area contributed by atoms with E-state index in [4.69, 9.17) is 4.74 Å².